The molecule has 7 heteroatoms. The number of ketones is 1. The third kappa shape index (κ3) is 3.70. The first-order chi connectivity index (χ1) is 14.5. The van der Waals surface area contributed by atoms with Crippen molar-refractivity contribution in [1.29, 1.82) is 0 Å². The van der Waals surface area contributed by atoms with Crippen molar-refractivity contribution in [2.45, 2.75) is 19.4 Å². The minimum atomic E-state index is -0.723. The van der Waals surface area contributed by atoms with E-state index in [4.69, 9.17) is 14.2 Å². The highest BCUT2D eigenvalue weighted by atomic mass is 16.5. The van der Waals surface area contributed by atoms with E-state index in [2.05, 4.69) is 0 Å². The number of nitrogens with zero attached hydrogens (tertiary/aromatic N) is 1. The molecule has 0 aromatic heterocycles. The number of ether oxygens (including phenoxy) is 3. The van der Waals surface area contributed by atoms with Crippen molar-refractivity contribution in [2.75, 3.05) is 27.9 Å². The topological polar surface area (TPSA) is 85.3 Å². The molecule has 1 saturated heterocycles. The van der Waals surface area contributed by atoms with Crippen LogP contribution in [-0.4, -0.2) is 49.6 Å². The number of hydrogen-bond donors (Lipinski definition) is 1. The maximum Gasteiger partial charge on any atom is 0.295 e. The highest BCUT2D eigenvalue weighted by Crippen LogP contribution is 2.41. The highest BCUT2D eigenvalue weighted by molar-refractivity contribution is 6.46. The summed E-state index contributed by atoms with van der Waals surface area (Å²) >= 11 is 0. The van der Waals surface area contributed by atoms with Gasteiger partial charge in [-0.1, -0.05) is 19.1 Å². The number of likely N-dealkylation sites (tertiary alicyclic amines) is 1. The van der Waals surface area contributed by atoms with E-state index in [1.54, 1.807) is 49.6 Å². The Morgan fingerprint density at radius 2 is 1.60 bits per heavy atom. The molecule has 1 heterocycles. The molecular formula is C23H25NO6. The van der Waals surface area contributed by atoms with Gasteiger partial charge in [0.05, 0.1) is 38.5 Å². The van der Waals surface area contributed by atoms with Gasteiger partial charge in [-0.05, 0) is 36.2 Å². The van der Waals surface area contributed by atoms with E-state index >= 15 is 0 Å². The van der Waals surface area contributed by atoms with Crippen LogP contribution in [0.1, 0.15) is 30.5 Å². The van der Waals surface area contributed by atoms with Gasteiger partial charge in [0.1, 0.15) is 23.0 Å². The standard InChI is InChI=1S/C23H25NO6/c1-5-12-24-20(14-6-8-15(28-2)9-7-14)19(22(26)23(24)27)21(25)17-11-10-16(29-3)13-18(17)30-4/h6-11,13,20,25H,5,12H2,1-4H3/b21-19-. The van der Waals surface area contributed by atoms with Crippen LogP contribution in [0, 0.1) is 0 Å². The zero-order valence-corrected chi connectivity index (χ0v) is 17.5. The van der Waals surface area contributed by atoms with Crippen LogP contribution in [0.15, 0.2) is 48.0 Å². The van der Waals surface area contributed by atoms with Crippen molar-refractivity contribution in [3.63, 3.8) is 0 Å². The van der Waals surface area contributed by atoms with Gasteiger partial charge in [0.25, 0.3) is 11.7 Å². The molecule has 0 bridgehead atoms. The molecule has 0 saturated carbocycles. The van der Waals surface area contributed by atoms with Crippen molar-refractivity contribution in [3.8, 4) is 17.2 Å². The third-order valence-electron chi connectivity index (χ3n) is 5.10. The maximum atomic E-state index is 12.9. The first-order valence-corrected chi connectivity index (χ1v) is 9.61. The van der Waals surface area contributed by atoms with E-state index in [9.17, 15) is 14.7 Å². The van der Waals surface area contributed by atoms with E-state index in [0.29, 0.717) is 41.3 Å². The summed E-state index contributed by atoms with van der Waals surface area (Å²) in [6, 6.07) is 11.3. The number of methoxy groups -OCH3 is 3. The Morgan fingerprint density at radius 3 is 2.17 bits per heavy atom. The number of benzene rings is 2. The normalized spacial score (nSPS) is 17.9. The van der Waals surface area contributed by atoms with Gasteiger partial charge in [-0.15, -0.1) is 0 Å². The van der Waals surface area contributed by atoms with Crippen molar-refractivity contribution >= 4 is 17.4 Å². The second-order valence-corrected chi connectivity index (χ2v) is 6.83. The average Bonchev–Trinajstić information content (AvgIpc) is 3.03. The monoisotopic (exact) mass is 411 g/mol. The van der Waals surface area contributed by atoms with E-state index in [1.165, 1.54) is 19.1 Å². The molecule has 1 aliphatic rings. The lowest BCUT2D eigenvalue weighted by molar-refractivity contribution is -0.139. The maximum absolute atomic E-state index is 12.9. The minimum absolute atomic E-state index is 0.0297. The number of rotatable bonds is 7. The number of hydrogen-bond acceptors (Lipinski definition) is 6. The number of aliphatic hydroxyl groups excluding tert-OH is 1. The number of carbonyl (C=O) groups is 2. The number of aliphatic hydroxyl groups is 1. The molecule has 2 aromatic carbocycles. The lowest BCUT2D eigenvalue weighted by Gasteiger charge is -2.25. The summed E-state index contributed by atoms with van der Waals surface area (Å²) in [5, 5.41) is 11.1. The predicted molar refractivity (Wildman–Crippen MR) is 112 cm³/mol. The fourth-order valence-corrected chi connectivity index (χ4v) is 3.62. The molecule has 1 aliphatic heterocycles. The van der Waals surface area contributed by atoms with Gasteiger partial charge >= 0.3 is 0 Å². The van der Waals surface area contributed by atoms with Gasteiger partial charge < -0.3 is 24.2 Å². The lowest BCUT2D eigenvalue weighted by Crippen LogP contribution is -2.30. The summed E-state index contributed by atoms with van der Waals surface area (Å²) in [5.41, 5.74) is 1.05. The molecule has 30 heavy (non-hydrogen) atoms. The molecule has 1 N–H and O–H groups in total. The molecular weight excluding hydrogens is 386 g/mol. The molecule has 1 fully saturated rings. The van der Waals surface area contributed by atoms with Crippen LogP contribution in [0.3, 0.4) is 0 Å². The highest BCUT2D eigenvalue weighted by Gasteiger charge is 2.45. The molecule has 1 atom stereocenters. The molecule has 0 aliphatic carbocycles. The van der Waals surface area contributed by atoms with Gasteiger partial charge in [0.15, 0.2) is 0 Å². The number of carbonyl (C=O) groups excluding carboxylic acids is 2. The van der Waals surface area contributed by atoms with Crippen LogP contribution in [-0.2, 0) is 9.59 Å². The Kier molecular flexibility index (Phi) is 6.30. The Bertz CT molecular complexity index is 980. The summed E-state index contributed by atoms with van der Waals surface area (Å²) in [4.78, 5) is 27.2. The zero-order chi connectivity index (χ0) is 21.8. The molecule has 0 radical (unpaired) electrons. The number of amides is 1. The Balaban J connectivity index is 2.20. The van der Waals surface area contributed by atoms with Crippen LogP contribution in [0.2, 0.25) is 0 Å². The second-order valence-electron chi connectivity index (χ2n) is 6.83. The summed E-state index contributed by atoms with van der Waals surface area (Å²) in [6.07, 6.45) is 0.672. The van der Waals surface area contributed by atoms with Gasteiger partial charge in [0, 0.05) is 12.6 Å². The Morgan fingerprint density at radius 1 is 0.967 bits per heavy atom. The first kappa shape index (κ1) is 21.2. The van der Waals surface area contributed by atoms with E-state index in [1.807, 2.05) is 6.92 Å². The largest absolute Gasteiger partial charge is 0.507 e. The van der Waals surface area contributed by atoms with Gasteiger partial charge in [-0.25, -0.2) is 0 Å². The zero-order valence-electron chi connectivity index (χ0n) is 17.5. The van der Waals surface area contributed by atoms with Crippen molar-refractivity contribution in [2.24, 2.45) is 0 Å². The molecule has 1 unspecified atom stereocenters. The van der Waals surface area contributed by atoms with Crippen LogP contribution in [0.4, 0.5) is 0 Å². The summed E-state index contributed by atoms with van der Waals surface area (Å²) in [7, 11) is 4.55. The third-order valence-corrected chi connectivity index (χ3v) is 5.10. The summed E-state index contributed by atoms with van der Waals surface area (Å²) in [6.45, 7) is 2.31. The number of Topliss-reactive ketones (excluding diaryl/α,β-unsaturated/α-hetero) is 1. The van der Waals surface area contributed by atoms with E-state index in [0.717, 1.165) is 0 Å². The van der Waals surface area contributed by atoms with Crippen LogP contribution < -0.4 is 14.2 Å². The van der Waals surface area contributed by atoms with Crippen LogP contribution in [0.25, 0.3) is 5.76 Å². The van der Waals surface area contributed by atoms with E-state index in [-0.39, 0.29) is 11.3 Å². The minimum Gasteiger partial charge on any atom is -0.507 e. The smallest absolute Gasteiger partial charge is 0.295 e. The average molecular weight is 411 g/mol. The summed E-state index contributed by atoms with van der Waals surface area (Å²) in [5.74, 6) is -0.106. The Hall–Kier alpha value is -3.48. The quantitative estimate of drug-likeness (QED) is 0.426. The molecule has 1 amide bonds. The predicted octanol–water partition coefficient (Wildman–Crippen LogP) is 3.54. The first-order valence-electron chi connectivity index (χ1n) is 9.61. The van der Waals surface area contributed by atoms with Crippen LogP contribution >= 0.6 is 0 Å². The fraction of sp³-hybridized carbons (Fsp3) is 0.304. The SMILES string of the molecule is CCCN1C(=O)C(=O)/C(=C(\O)c2ccc(OC)cc2OC)C1c1ccc(OC)cc1. The van der Waals surface area contributed by atoms with Crippen molar-refractivity contribution in [1.82, 2.24) is 4.90 Å². The molecule has 158 valence electrons. The van der Waals surface area contributed by atoms with Gasteiger partial charge in [0.2, 0.25) is 0 Å². The molecule has 2 aromatic rings. The summed E-state index contributed by atoms with van der Waals surface area (Å²) < 4.78 is 15.8. The Labute approximate surface area is 175 Å². The van der Waals surface area contributed by atoms with Crippen molar-refractivity contribution < 1.29 is 28.9 Å². The second kappa shape index (κ2) is 8.90. The van der Waals surface area contributed by atoms with Crippen LogP contribution in [0.5, 0.6) is 17.2 Å². The fourth-order valence-electron chi connectivity index (χ4n) is 3.62. The molecule has 3 rings (SSSR count). The molecule has 7 nitrogen and oxygen atoms in total. The van der Waals surface area contributed by atoms with Crippen molar-refractivity contribution in [3.05, 3.63) is 59.2 Å². The molecule has 0 spiro atoms. The van der Waals surface area contributed by atoms with Gasteiger partial charge in [-0.2, -0.15) is 0 Å². The van der Waals surface area contributed by atoms with Gasteiger partial charge in [-0.3, -0.25) is 9.59 Å². The van der Waals surface area contributed by atoms with E-state index < -0.39 is 17.7 Å². The lowest BCUT2D eigenvalue weighted by atomic mass is 9.95.